The molecule has 0 bridgehead atoms. The van der Waals surface area contributed by atoms with Crippen molar-refractivity contribution in [3.63, 3.8) is 0 Å². The van der Waals surface area contributed by atoms with E-state index >= 15 is 0 Å². The summed E-state index contributed by atoms with van der Waals surface area (Å²) in [6.45, 7) is 1.61. The number of phenolic OH excluding ortho intramolecular Hbond substituents is 1. The maximum absolute atomic E-state index is 12.1. The molecule has 0 aliphatic carbocycles. The predicted molar refractivity (Wildman–Crippen MR) is 55.2 cm³/mol. The molecule has 1 aromatic rings. The van der Waals surface area contributed by atoms with E-state index in [0.29, 0.717) is 0 Å². The van der Waals surface area contributed by atoms with Gasteiger partial charge in [0.25, 0.3) is 6.43 Å². The minimum absolute atomic E-state index is 0.0837. The van der Waals surface area contributed by atoms with Crippen molar-refractivity contribution in [2.24, 2.45) is 0 Å². The molecular formula is C11H15F2NO. The largest absolute Gasteiger partial charge is 0.508 e. The normalized spacial score (nSPS) is 13.5. The van der Waals surface area contributed by atoms with Crippen LogP contribution in [0.25, 0.3) is 0 Å². The van der Waals surface area contributed by atoms with Crippen LogP contribution in [-0.2, 0) is 0 Å². The third-order valence-electron chi connectivity index (χ3n) is 2.46. The van der Waals surface area contributed by atoms with Crippen molar-refractivity contribution in [3.8, 4) is 5.75 Å². The summed E-state index contributed by atoms with van der Waals surface area (Å²) in [6, 6.07) is 6.51. The Balaban J connectivity index is 2.67. The molecule has 0 radical (unpaired) electrons. The summed E-state index contributed by atoms with van der Waals surface area (Å²) in [7, 11) is 1.66. The Bertz CT molecular complexity index is 300. The molecule has 4 heteroatoms. The fourth-order valence-corrected chi connectivity index (χ4v) is 1.38. The van der Waals surface area contributed by atoms with Crippen LogP contribution in [0.5, 0.6) is 5.75 Å². The molecule has 0 aliphatic rings. The van der Waals surface area contributed by atoms with Crippen molar-refractivity contribution in [2.75, 3.05) is 13.6 Å². The van der Waals surface area contributed by atoms with E-state index < -0.39 is 6.43 Å². The Morgan fingerprint density at radius 3 is 2.27 bits per heavy atom. The highest BCUT2D eigenvalue weighted by molar-refractivity contribution is 5.27. The Morgan fingerprint density at radius 1 is 1.27 bits per heavy atom. The van der Waals surface area contributed by atoms with E-state index in [2.05, 4.69) is 0 Å². The molecule has 0 aromatic heterocycles. The molecule has 1 atom stereocenters. The molecule has 0 spiro atoms. The number of hydrogen-bond donors (Lipinski definition) is 1. The van der Waals surface area contributed by atoms with Gasteiger partial charge < -0.3 is 5.11 Å². The lowest BCUT2D eigenvalue weighted by atomic mass is 10.1. The van der Waals surface area contributed by atoms with Gasteiger partial charge in [-0.25, -0.2) is 8.78 Å². The highest BCUT2D eigenvalue weighted by atomic mass is 19.3. The van der Waals surface area contributed by atoms with E-state index in [0.717, 1.165) is 5.56 Å². The molecule has 15 heavy (non-hydrogen) atoms. The first-order valence-electron chi connectivity index (χ1n) is 4.78. The van der Waals surface area contributed by atoms with Gasteiger partial charge in [0.05, 0.1) is 6.54 Å². The molecule has 0 saturated carbocycles. The molecular weight excluding hydrogens is 200 g/mol. The summed E-state index contributed by atoms with van der Waals surface area (Å²) in [5.41, 5.74) is 0.913. The fraction of sp³-hybridized carbons (Fsp3) is 0.455. The van der Waals surface area contributed by atoms with Crippen LogP contribution in [0.3, 0.4) is 0 Å². The number of benzene rings is 1. The summed E-state index contributed by atoms with van der Waals surface area (Å²) < 4.78 is 24.3. The van der Waals surface area contributed by atoms with Crippen LogP contribution >= 0.6 is 0 Å². The summed E-state index contributed by atoms with van der Waals surface area (Å²) in [5, 5.41) is 9.09. The van der Waals surface area contributed by atoms with Crippen molar-refractivity contribution >= 4 is 0 Å². The lowest BCUT2D eigenvalue weighted by Crippen LogP contribution is -2.27. The molecule has 84 valence electrons. The first-order valence-corrected chi connectivity index (χ1v) is 4.78. The van der Waals surface area contributed by atoms with Crippen molar-refractivity contribution < 1.29 is 13.9 Å². The Kier molecular flexibility index (Phi) is 4.03. The van der Waals surface area contributed by atoms with Gasteiger partial charge in [0.2, 0.25) is 0 Å². The topological polar surface area (TPSA) is 23.5 Å². The van der Waals surface area contributed by atoms with Gasteiger partial charge in [-0.3, -0.25) is 4.90 Å². The molecule has 0 heterocycles. The Morgan fingerprint density at radius 2 is 1.80 bits per heavy atom. The van der Waals surface area contributed by atoms with Crippen molar-refractivity contribution in [2.45, 2.75) is 19.4 Å². The average Bonchev–Trinajstić information content (AvgIpc) is 2.17. The highest BCUT2D eigenvalue weighted by Gasteiger charge is 2.15. The number of aromatic hydroxyl groups is 1. The lowest BCUT2D eigenvalue weighted by Gasteiger charge is -2.24. The van der Waals surface area contributed by atoms with Crippen LogP contribution in [0.1, 0.15) is 18.5 Å². The third-order valence-corrected chi connectivity index (χ3v) is 2.46. The summed E-state index contributed by atoms with van der Waals surface area (Å²) in [4.78, 5) is 1.58. The van der Waals surface area contributed by atoms with E-state index in [1.165, 1.54) is 0 Å². The zero-order chi connectivity index (χ0) is 11.4. The van der Waals surface area contributed by atoms with Gasteiger partial charge in [-0.2, -0.15) is 0 Å². The standard InChI is InChI=1S/C11H15F2NO/c1-8(14(2)7-11(12)13)9-3-5-10(15)6-4-9/h3-6,8,11,15H,7H2,1-2H3. The van der Waals surface area contributed by atoms with Gasteiger partial charge in [-0.15, -0.1) is 0 Å². The first kappa shape index (κ1) is 11.9. The van der Waals surface area contributed by atoms with Gasteiger partial charge in [-0.1, -0.05) is 12.1 Å². The molecule has 0 aliphatic heterocycles. The van der Waals surface area contributed by atoms with Gasteiger partial charge in [0, 0.05) is 6.04 Å². The average molecular weight is 215 g/mol. The van der Waals surface area contributed by atoms with Crippen LogP contribution in [0.15, 0.2) is 24.3 Å². The molecule has 1 rings (SSSR count). The molecule has 0 saturated heterocycles. The number of nitrogens with zero attached hydrogens (tertiary/aromatic N) is 1. The van der Waals surface area contributed by atoms with Crippen LogP contribution in [0.2, 0.25) is 0 Å². The Labute approximate surface area is 88.1 Å². The van der Waals surface area contributed by atoms with Gasteiger partial charge in [0.1, 0.15) is 5.75 Å². The zero-order valence-corrected chi connectivity index (χ0v) is 8.82. The zero-order valence-electron chi connectivity index (χ0n) is 8.82. The van der Waals surface area contributed by atoms with Crippen LogP contribution in [0, 0.1) is 0 Å². The van der Waals surface area contributed by atoms with Crippen molar-refractivity contribution in [3.05, 3.63) is 29.8 Å². The number of alkyl halides is 2. The highest BCUT2D eigenvalue weighted by Crippen LogP contribution is 2.21. The van der Waals surface area contributed by atoms with Crippen molar-refractivity contribution in [1.29, 1.82) is 0 Å². The number of rotatable bonds is 4. The predicted octanol–water partition coefficient (Wildman–Crippen LogP) is 2.65. The lowest BCUT2D eigenvalue weighted by molar-refractivity contribution is 0.0843. The summed E-state index contributed by atoms with van der Waals surface area (Å²) in [6.07, 6.45) is -2.32. The minimum atomic E-state index is -2.32. The molecule has 1 aromatic carbocycles. The fourth-order valence-electron chi connectivity index (χ4n) is 1.38. The van der Waals surface area contributed by atoms with Gasteiger partial charge >= 0.3 is 0 Å². The second-order valence-corrected chi connectivity index (χ2v) is 3.60. The van der Waals surface area contributed by atoms with E-state index in [-0.39, 0.29) is 18.3 Å². The summed E-state index contributed by atoms with van der Waals surface area (Å²) in [5.74, 6) is 0.183. The molecule has 0 amide bonds. The van der Waals surface area contributed by atoms with E-state index in [1.807, 2.05) is 6.92 Å². The molecule has 0 fully saturated rings. The monoisotopic (exact) mass is 215 g/mol. The van der Waals surface area contributed by atoms with Gasteiger partial charge in [-0.05, 0) is 31.7 Å². The van der Waals surface area contributed by atoms with Crippen molar-refractivity contribution in [1.82, 2.24) is 4.90 Å². The molecule has 2 nitrogen and oxygen atoms in total. The maximum atomic E-state index is 12.1. The number of phenols is 1. The second-order valence-electron chi connectivity index (χ2n) is 3.60. The van der Waals surface area contributed by atoms with E-state index in [9.17, 15) is 8.78 Å². The maximum Gasteiger partial charge on any atom is 0.251 e. The molecule has 1 N–H and O–H groups in total. The quantitative estimate of drug-likeness (QED) is 0.834. The smallest absolute Gasteiger partial charge is 0.251 e. The van der Waals surface area contributed by atoms with E-state index in [4.69, 9.17) is 5.11 Å². The number of halogens is 2. The summed E-state index contributed by atoms with van der Waals surface area (Å²) >= 11 is 0. The van der Waals surface area contributed by atoms with Gasteiger partial charge in [0.15, 0.2) is 0 Å². The van der Waals surface area contributed by atoms with Crippen LogP contribution in [0.4, 0.5) is 8.78 Å². The first-order chi connectivity index (χ1) is 7.00. The second kappa shape index (κ2) is 5.07. The van der Waals surface area contributed by atoms with Crippen LogP contribution < -0.4 is 0 Å². The third kappa shape index (κ3) is 3.47. The Hall–Kier alpha value is -1.16. The SMILES string of the molecule is CC(c1ccc(O)cc1)N(C)CC(F)F. The number of hydrogen-bond acceptors (Lipinski definition) is 2. The minimum Gasteiger partial charge on any atom is -0.508 e. The van der Waals surface area contributed by atoms with Crippen LogP contribution in [-0.4, -0.2) is 30.0 Å². The van der Waals surface area contributed by atoms with E-state index in [1.54, 1.807) is 36.2 Å². The molecule has 1 unspecified atom stereocenters.